The molecule has 6 heteroatoms. The fourth-order valence-corrected chi connectivity index (χ4v) is 2.21. The van der Waals surface area contributed by atoms with E-state index in [0.29, 0.717) is 6.54 Å². The van der Waals surface area contributed by atoms with Crippen LogP contribution in [0.2, 0.25) is 0 Å². The van der Waals surface area contributed by atoms with Gasteiger partial charge in [0, 0.05) is 19.1 Å². The average Bonchev–Trinajstić information content (AvgIpc) is 2.24. The molecule has 0 aromatic rings. The minimum Gasteiger partial charge on any atom is -0.393 e. The molecule has 1 rings (SSSR count). The predicted molar refractivity (Wildman–Crippen MR) is 64.4 cm³/mol. The molecule has 108 valence electrons. The smallest absolute Gasteiger partial charge is 0.390 e. The zero-order chi connectivity index (χ0) is 13.6. The van der Waals surface area contributed by atoms with Crippen LogP contribution in [0.5, 0.6) is 0 Å². The molecule has 1 atom stereocenters. The summed E-state index contributed by atoms with van der Waals surface area (Å²) in [5, 5.41) is 12.2. The quantitative estimate of drug-likeness (QED) is 0.721. The van der Waals surface area contributed by atoms with E-state index in [1.165, 1.54) is 0 Å². The van der Waals surface area contributed by atoms with Gasteiger partial charge in [-0.05, 0) is 39.3 Å². The molecule has 0 aromatic heterocycles. The Morgan fingerprint density at radius 1 is 1.33 bits per heavy atom. The number of aliphatic hydroxyl groups excluding tert-OH is 1. The average molecular weight is 268 g/mol. The molecular formula is C12H23F3N2O. The highest BCUT2D eigenvalue weighted by Gasteiger charge is 2.29. The number of hydrogen-bond donors (Lipinski definition) is 2. The second kappa shape index (κ2) is 7.31. The van der Waals surface area contributed by atoms with Gasteiger partial charge < -0.3 is 15.3 Å². The standard InChI is InChI=1S/C12H23F3N2O/c1-10(9-12(13,14)15)16-5-2-6-17-7-3-11(18)4-8-17/h10-11,16,18H,2-9H2,1H3. The minimum atomic E-state index is -4.09. The van der Waals surface area contributed by atoms with E-state index in [1.807, 2.05) is 0 Å². The van der Waals surface area contributed by atoms with Crippen LogP contribution < -0.4 is 5.32 Å². The summed E-state index contributed by atoms with van der Waals surface area (Å²) < 4.78 is 36.2. The van der Waals surface area contributed by atoms with Gasteiger partial charge >= 0.3 is 6.18 Å². The molecule has 0 amide bonds. The molecule has 0 aromatic carbocycles. The fourth-order valence-electron chi connectivity index (χ4n) is 2.21. The van der Waals surface area contributed by atoms with Crippen LogP contribution in [0.3, 0.4) is 0 Å². The van der Waals surface area contributed by atoms with Crippen molar-refractivity contribution in [2.75, 3.05) is 26.2 Å². The minimum absolute atomic E-state index is 0.175. The lowest BCUT2D eigenvalue weighted by Gasteiger charge is -2.29. The lowest BCUT2D eigenvalue weighted by Crippen LogP contribution is -2.38. The van der Waals surface area contributed by atoms with Gasteiger partial charge in [0.15, 0.2) is 0 Å². The number of halogens is 3. The first-order chi connectivity index (χ1) is 8.37. The summed E-state index contributed by atoms with van der Waals surface area (Å²) >= 11 is 0. The molecule has 0 spiro atoms. The van der Waals surface area contributed by atoms with Gasteiger partial charge in [-0.15, -0.1) is 0 Å². The Labute approximate surface area is 106 Å². The predicted octanol–water partition coefficient (Wildman–Crippen LogP) is 1.76. The Morgan fingerprint density at radius 2 is 1.94 bits per heavy atom. The van der Waals surface area contributed by atoms with E-state index in [0.717, 1.165) is 38.9 Å². The molecule has 1 aliphatic rings. The number of likely N-dealkylation sites (tertiary alicyclic amines) is 1. The maximum Gasteiger partial charge on any atom is 0.390 e. The van der Waals surface area contributed by atoms with Gasteiger partial charge in [-0.3, -0.25) is 0 Å². The van der Waals surface area contributed by atoms with E-state index in [9.17, 15) is 18.3 Å². The number of piperidine rings is 1. The summed E-state index contributed by atoms with van der Waals surface area (Å²) in [6, 6.07) is -0.520. The third kappa shape index (κ3) is 7.18. The second-order valence-corrected chi connectivity index (χ2v) is 5.10. The molecule has 18 heavy (non-hydrogen) atoms. The highest BCUT2D eigenvalue weighted by atomic mass is 19.4. The molecule has 0 saturated carbocycles. The van der Waals surface area contributed by atoms with Gasteiger partial charge in [0.1, 0.15) is 0 Å². The fraction of sp³-hybridized carbons (Fsp3) is 1.00. The third-order valence-electron chi connectivity index (χ3n) is 3.24. The highest BCUT2D eigenvalue weighted by Crippen LogP contribution is 2.21. The molecule has 1 unspecified atom stereocenters. The second-order valence-electron chi connectivity index (χ2n) is 5.10. The van der Waals surface area contributed by atoms with Gasteiger partial charge in [0.2, 0.25) is 0 Å². The molecule has 0 bridgehead atoms. The first kappa shape index (κ1) is 15.7. The zero-order valence-electron chi connectivity index (χ0n) is 10.8. The van der Waals surface area contributed by atoms with Crippen molar-refractivity contribution in [1.29, 1.82) is 0 Å². The van der Waals surface area contributed by atoms with Crippen LogP contribution in [0.15, 0.2) is 0 Å². The topological polar surface area (TPSA) is 35.5 Å². The number of alkyl halides is 3. The van der Waals surface area contributed by atoms with Crippen molar-refractivity contribution in [3.05, 3.63) is 0 Å². The van der Waals surface area contributed by atoms with Crippen molar-refractivity contribution in [2.45, 2.75) is 50.9 Å². The van der Waals surface area contributed by atoms with Crippen LogP contribution in [0.1, 0.15) is 32.6 Å². The number of nitrogens with one attached hydrogen (secondary N) is 1. The van der Waals surface area contributed by atoms with Crippen molar-refractivity contribution in [3.63, 3.8) is 0 Å². The molecule has 0 aliphatic carbocycles. The van der Waals surface area contributed by atoms with Crippen LogP contribution >= 0.6 is 0 Å². The maximum atomic E-state index is 12.1. The van der Waals surface area contributed by atoms with Crippen LogP contribution in [-0.4, -0.2) is 54.5 Å². The zero-order valence-corrected chi connectivity index (χ0v) is 10.8. The molecule has 0 radical (unpaired) electrons. The van der Waals surface area contributed by atoms with Gasteiger partial charge in [-0.25, -0.2) is 0 Å². The lowest BCUT2D eigenvalue weighted by atomic mass is 10.1. The summed E-state index contributed by atoms with van der Waals surface area (Å²) in [5.74, 6) is 0. The Kier molecular flexibility index (Phi) is 6.38. The van der Waals surface area contributed by atoms with E-state index >= 15 is 0 Å². The highest BCUT2D eigenvalue weighted by molar-refractivity contribution is 4.72. The van der Waals surface area contributed by atoms with Crippen LogP contribution in [0.4, 0.5) is 13.2 Å². The van der Waals surface area contributed by atoms with Crippen molar-refractivity contribution in [2.24, 2.45) is 0 Å². The molecule has 1 heterocycles. The summed E-state index contributed by atoms with van der Waals surface area (Å²) in [6.07, 6.45) is -2.59. The first-order valence-corrected chi connectivity index (χ1v) is 6.57. The van der Waals surface area contributed by atoms with Crippen molar-refractivity contribution in [1.82, 2.24) is 10.2 Å². The first-order valence-electron chi connectivity index (χ1n) is 6.57. The number of nitrogens with zero attached hydrogens (tertiary/aromatic N) is 1. The molecule has 2 N–H and O–H groups in total. The SMILES string of the molecule is CC(CC(F)(F)F)NCCCN1CCC(O)CC1. The van der Waals surface area contributed by atoms with Crippen molar-refractivity contribution >= 4 is 0 Å². The summed E-state index contributed by atoms with van der Waals surface area (Å²) in [7, 11) is 0. The van der Waals surface area contributed by atoms with Crippen LogP contribution in [-0.2, 0) is 0 Å². The van der Waals surface area contributed by atoms with Crippen LogP contribution in [0, 0.1) is 0 Å². The Morgan fingerprint density at radius 3 is 2.50 bits per heavy atom. The van der Waals surface area contributed by atoms with Crippen LogP contribution in [0.25, 0.3) is 0 Å². The Hall–Kier alpha value is -0.330. The van der Waals surface area contributed by atoms with Gasteiger partial charge in [0.05, 0.1) is 12.5 Å². The summed E-state index contributed by atoms with van der Waals surface area (Å²) in [5.41, 5.74) is 0. The lowest BCUT2D eigenvalue weighted by molar-refractivity contribution is -0.139. The summed E-state index contributed by atoms with van der Waals surface area (Å²) in [6.45, 7) is 4.83. The van der Waals surface area contributed by atoms with E-state index in [1.54, 1.807) is 6.92 Å². The van der Waals surface area contributed by atoms with E-state index in [4.69, 9.17) is 0 Å². The van der Waals surface area contributed by atoms with Gasteiger partial charge in [0.25, 0.3) is 0 Å². The number of hydrogen-bond acceptors (Lipinski definition) is 3. The Balaban J connectivity index is 2.01. The van der Waals surface area contributed by atoms with Gasteiger partial charge in [-0.2, -0.15) is 13.2 Å². The molecule has 1 aliphatic heterocycles. The molecular weight excluding hydrogens is 245 g/mol. The third-order valence-corrected chi connectivity index (χ3v) is 3.24. The molecule has 3 nitrogen and oxygen atoms in total. The van der Waals surface area contributed by atoms with E-state index in [-0.39, 0.29) is 6.10 Å². The van der Waals surface area contributed by atoms with E-state index < -0.39 is 18.6 Å². The number of aliphatic hydroxyl groups is 1. The van der Waals surface area contributed by atoms with Crippen molar-refractivity contribution in [3.8, 4) is 0 Å². The number of rotatable bonds is 6. The Bertz CT molecular complexity index is 228. The van der Waals surface area contributed by atoms with E-state index in [2.05, 4.69) is 10.2 Å². The molecule has 1 saturated heterocycles. The normalized spacial score (nSPS) is 21.2. The van der Waals surface area contributed by atoms with Gasteiger partial charge in [-0.1, -0.05) is 0 Å². The molecule has 1 fully saturated rings. The summed E-state index contributed by atoms with van der Waals surface area (Å²) in [4.78, 5) is 2.25. The monoisotopic (exact) mass is 268 g/mol. The largest absolute Gasteiger partial charge is 0.393 e. The maximum absolute atomic E-state index is 12.1. The van der Waals surface area contributed by atoms with Crippen molar-refractivity contribution < 1.29 is 18.3 Å².